The van der Waals surface area contributed by atoms with Gasteiger partial charge in [-0.1, -0.05) is 18.2 Å². The molecule has 2 aliphatic rings. The van der Waals surface area contributed by atoms with Gasteiger partial charge in [0.2, 0.25) is 0 Å². The first-order valence-corrected chi connectivity index (χ1v) is 2.32. The van der Waals surface area contributed by atoms with Crippen LogP contribution in [0.15, 0.2) is 23.8 Å². The molecule has 2 rings (SSSR count). The lowest BCUT2D eigenvalue weighted by Gasteiger charge is -1.62. The van der Waals surface area contributed by atoms with Crippen molar-refractivity contribution in [1.82, 2.24) is 0 Å². The second-order valence-electron chi connectivity index (χ2n) is 1.85. The largest absolute Gasteiger partial charge is 0.293 e. The summed E-state index contributed by atoms with van der Waals surface area (Å²) in [5.74, 6) is 0.544. The Kier molecular flexibility index (Phi) is 0.325. The molecule has 0 aromatic heterocycles. The van der Waals surface area contributed by atoms with Crippen molar-refractivity contribution >= 4 is 5.78 Å². The second-order valence-corrected chi connectivity index (χ2v) is 1.85. The minimum absolute atomic E-state index is 0.222. The standard InChI is InChI=1S/C6H4O/c7-6-4-2-1-3-5(4)6/h1-4H. The Morgan fingerprint density at radius 2 is 2.43 bits per heavy atom. The maximum atomic E-state index is 10.4. The zero-order valence-electron chi connectivity index (χ0n) is 3.72. The summed E-state index contributed by atoms with van der Waals surface area (Å²) < 4.78 is 0. The fraction of sp³-hybridized carbons (Fsp3) is 0.167. The third-order valence-corrected chi connectivity index (χ3v) is 1.40. The average Bonchev–Trinajstić information content (AvgIpc) is 2.26. The van der Waals surface area contributed by atoms with Crippen molar-refractivity contribution < 1.29 is 4.79 Å². The fourth-order valence-corrected chi connectivity index (χ4v) is 0.883. The number of Topliss-reactive ketones (excluding diaryl/α,β-unsaturated/α-hetero) is 1. The highest BCUT2D eigenvalue weighted by molar-refractivity contribution is 6.19. The normalized spacial score (nSPS) is 32.9. The summed E-state index contributed by atoms with van der Waals surface area (Å²) in [6.07, 6.45) is 5.74. The molecule has 1 heteroatoms. The lowest BCUT2D eigenvalue weighted by molar-refractivity contribution is -0.109. The molecule has 0 bridgehead atoms. The number of rotatable bonds is 0. The van der Waals surface area contributed by atoms with E-state index in [9.17, 15) is 4.79 Å². The number of fused-ring (bicyclic) bond motifs is 1. The van der Waals surface area contributed by atoms with E-state index in [0.717, 1.165) is 5.57 Å². The Hall–Kier alpha value is -0.850. The van der Waals surface area contributed by atoms with Crippen molar-refractivity contribution in [2.75, 3.05) is 0 Å². The first-order chi connectivity index (χ1) is 3.39. The van der Waals surface area contributed by atoms with Gasteiger partial charge in [-0.05, 0) is 0 Å². The highest BCUT2D eigenvalue weighted by Gasteiger charge is 2.41. The molecule has 1 fully saturated rings. The Morgan fingerprint density at radius 3 is 2.71 bits per heavy atom. The van der Waals surface area contributed by atoms with E-state index in [1.54, 1.807) is 0 Å². The lowest BCUT2D eigenvalue weighted by atomic mass is 10.4. The fourth-order valence-electron chi connectivity index (χ4n) is 0.883. The van der Waals surface area contributed by atoms with Crippen LogP contribution in [0, 0.1) is 5.92 Å². The van der Waals surface area contributed by atoms with E-state index in [2.05, 4.69) is 0 Å². The van der Waals surface area contributed by atoms with E-state index < -0.39 is 0 Å². The molecule has 0 N–H and O–H groups in total. The Balaban J connectivity index is 2.53. The molecule has 0 radical (unpaired) electrons. The van der Waals surface area contributed by atoms with Crippen LogP contribution in [-0.2, 0) is 4.79 Å². The third kappa shape index (κ3) is 0.223. The molecule has 1 saturated carbocycles. The monoisotopic (exact) mass is 92.0 g/mol. The summed E-state index contributed by atoms with van der Waals surface area (Å²) in [4.78, 5) is 10.4. The summed E-state index contributed by atoms with van der Waals surface area (Å²) in [7, 11) is 0. The van der Waals surface area contributed by atoms with E-state index in [0.29, 0.717) is 5.78 Å². The number of carbonyl (C=O) groups is 1. The maximum Gasteiger partial charge on any atom is 0.171 e. The van der Waals surface area contributed by atoms with Gasteiger partial charge in [-0.2, -0.15) is 0 Å². The van der Waals surface area contributed by atoms with Crippen LogP contribution in [0.4, 0.5) is 0 Å². The molecule has 0 aromatic carbocycles. The predicted octanol–water partition coefficient (Wildman–Crippen LogP) is 0.681. The Labute approximate surface area is 41.3 Å². The van der Waals surface area contributed by atoms with Crippen molar-refractivity contribution in [3.63, 3.8) is 0 Å². The Bertz CT molecular complexity index is 186. The van der Waals surface area contributed by atoms with Crippen molar-refractivity contribution in [1.29, 1.82) is 0 Å². The number of hydrogen-bond donors (Lipinski definition) is 0. The molecule has 0 saturated heterocycles. The van der Waals surface area contributed by atoms with Gasteiger partial charge < -0.3 is 0 Å². The second kappa shape index (κ2) is 0.713. The summed E-state index contributed by atoms with van der Waals surface area (Å²) in [5.41, 5.74) is 1.00. The summed E-state index contributed by atoms with van der Waals surface area (Å²) in [6, 6.07) is 0. The quantitative estimate of drug-likeness (QED) is 0.429. The van der Waals surface area contributed by atoms with Crippen molar-refractivity contribution in [2.24, 2.45) is 5.92 Å². The van der Waals surface area contributed by atoms with E-state index in [1.165, 1.54) is 0 Å². The molecule has 0 aliphatic heterocycles. The van der Waals surface area contributed by atoms with Crippen LogP contribution in [0.2, 0.25) is 0 Å². The SMILES string of the molecule is O=C1C2=CC=CC12. The van der Waals surface area contributed by atoms with E-state index in [-0.39, 0.29) is 5.92 Å². The maximum absolute atomic E-state index is 10.4. The highest BCUT2D eigenvalue weighted by Crippen LogP contribution is 2.37. The first kappa shape index (κ1) is 3.19. The molecule has 0 heterocycles. The number of carbonyl (C=O) groups excluding carboxylic acids is 1. The molecule has 0 spiro atoms. The van der Waals surface area contributed by atoms with Gasteiger partial charge in [-0.15, -0.1) is 0 Å². The zero-order chi connectivity index (χ0) is 4.85. The minimum Gasteiger partial charge on any atom is -0.293 e. The number of allylic oxidation sites excluding steroid dienone is 4. The molecule has 7 heavy (non-hydrogen) atoms. The van der Waals surface area contributed by atoms with Crippen LogP contribution in [0.25, 0.3) is 0 Å². The van der Waals surface area contributed by atoms with E-state index >= 15 is 0 Å². The topological polar surface area (TPSA) is 17.1 Å². The van der Waals surface area contributed by atoms with Gasteiger partial charge in [0.25, 0.3) is 0 Å². The zero-order valence-corrected chi connectivity index (χ0v) is 3.72. The number of ketones is 1. The van der Waals surface area contributed by atoms with Gasteiger partial charge in [0.05, 0.1) is 5.92 Å². The average molecular weight is 92.1 g/mol. The minimum atomic E-state index is 0.222. The van der Waals surface area contributed by atoms with Crippen LogP contribution in [0.3, 0.4) is 0 Å². The van der Waals surface area contributed by atoms with Crippen LogP contribution >= 0.6 is 0 Å². The van der Waals surface area contributed by atoms with Crippen LogP contribution in [0.1, 0.15) is 0 Å². The van der Waals surface area contributed by atoms with Crippen LogP contribution in [0.5, 0.6) is 0 Å². The number of hydrogen-bond acceptors (Lipinski definition) is 1. The van der Waals surface area contributed by atoms with Crippen LogP contribution in [-0.4, -0.2) is 5.78 Å². The molecule has 1 unspecified atom stereocenters. The van der Waals surface area contributed by atoms with Gasteiger partial charge in [-0.25, -0.2) is 0 Å². The molecule has 34 valence electrons. The molecular weight excluding hydrogens is 88.1 g/mol. The molecular formula is C6H4O. The lowest BCUT2D eigenvalue weighted by Crippen LogP contribution is -1.67. The smallest absolute Gasteiger partial charge is 0.171 e. The van der Waals surface area contributed by atoms with Gasteiger partial charge in [-0.3, -0.25) is 4.79 Å². The van der Waals surface area contributed by atoms with Gasteiger partial charge in [0.1, 0.15) is 0 Å². The van der Waals surface area contributed by atoms with Crippen molar-refractivity contribution in [3.05, 3.63) is 23.8 Å². The van der Waals surface area contributed by atoms with Gasteiger partial charge in [0, 0.05) is 5.57 Å². The van der Waals surface area contributed by atoms with Crippen LogP contribution < -0.4 is 0 Å². The predicted molar refractivity (Wildman–Crippen MR) is 25.7 cm³/mol. The van der Waals surface area contributed by atoms with Gasteiger partial charge in [0.15, 0.2) is 5.78 Å². The molecule has 1 atom stereocenters. The van der Waals surface area contributed by atoms with E-state index in [1.807, 2.05) is 18.2 Å². The third-order valence-electron chi connectivity index (χ3n) is 1.40. The van der Waals surface area contributed by atoms with E-state index in [4.69, 9.17) is 0 Å². The molecule has 2 aliphatic carbocycles. The summed E-state index contributed by atoms with van der Waals surface area (Å²) in [5, 5.41) is 0. The highest BCUT2D eigenvalue weighted by atomic mass is 16.1. The van der Waals surface area contributed by atoms with Crippen molar-refractivity contribution in [3.8, 4) is 0 Å². The first-order valence-electron chi connectivity index (χ1n) is 2.32. The molecule has 1 nitrogen and oxygen atoms in total. The molecule has 0 amide bonds. The Morgan fingerprint density at radius 1 is 1.57 bits per heavy atom. The van der Waals surface area contributed by atoms with Gasteiger partial charge >= 0.3 is 0 Å². The summed E-state index contributed by atoms with van der Waals surface area (Å²) >= 11 is 0. The summed E-state index contributed by atoms with van der Waals surface area (Å²) in [6.45, 7) is 0. The molecule has 0 aromatic rings. The van der Waals surface area contributed by atoms with Crippen molar-refractivity contribution in [2.45, 2.75) is 0 Å².